The van der Waals surface area contributed by atoms with Crippen LogP contribution < -0.4 is 0 Å². The Morgan fingerprint density at radius 1 is 0.183 bits per heavy atom. The highest BCUT2D eigenvalue weighted by atomic mass is 14.3. The van der Waals surface area contributed by atoms with Crippen molar-refractivity contribution in [1.82, 2.24) is 0 Å². The summed E-state index contributed by atoms with van der Waals surface area (Å²) in [7, 11) is 0. The Balaban J connectivity index is 1.61. The van der Waals surface area contributed by atoms with Gasteiger partial charge in [0.05, 0.1) is 0 Å². The zero-order valence-electron chi connectivity index (χ0n) is 41.6. The third-order valence-electron chi connectivity index (χ3n) is 12.6. The van der Waals surface area contributed by atoms with Crippen molar-refractivity contribution in [2.24, 2.45) is 0 Å². The predicted molar refractivity (Wildman–Crippen MR) is 300 cm³/mol. The van der Waals surface area contributed by atoms with E-state index in [0.29, 0.717) is 0 Å². The molecule has 71 heavy (non-hydrogen) atoms. The van der Waals surface area contributed by atoms with Gasteiger partial charge in [0.15, 0.2) is 0 Å². The Morgan fingerprint density at radius 2 is 0.366 bits per heavy atom. The maximum Gasteiger partial charge on any atom is 0.0431 e. The van der Waals surface area contributed by atoms with Crippen molar-refractivity contribution >= 4 is 22.3 Å². The van der Waals surface area contributed by atoms with Gasteiger partial charge in [-0.15, -0.1) is 0 Å². The molecule has 1 aliphatic carbocycles. The van der Waals surface area contributed by atoms with Crippen molar-refractivity contribution in [2.45, 2.75) is 48.5 Å². The van der Waals surface area contributed by atoms with E-state index in [-0.39, 0.29) is 0 Å². The summed E-state index contributed by atoms with van der Waals surface area (Å²) in [6.07, 6.45) is 0. The molecule has 0 amide bonds. The van der Waals surface area contributed by atoms with Gasteiger partial charge in [-0.05, 0) is 119 Å². The maximum atomic E-state index is 3.90. The van der Waals surface area contributed by atoms with E-state index >= 15 is 0 Å². The lowest BCUT2D eigenvalue weighted by atomic mass is 9.74. The minimum atomic E-state index is 0.807. The van der Waals surface area contributed by atoms with Crippen LogP contribution in [-0.2, 0) is 0 Å². The van der Waals surface area contributed by atoms with Gasteiger partial charge in [0, 0.05) is 66.8 Å². The minimum Gasteiger partial charge on any atom is -0.0622 e. The van der Waals surface area contributed by atoms with Crippen molar-refractivity contribution in [3.8, 4) is 47.4 Å². The van der Waals surface area contributed by atoms with Crippen LogP contribution in [0.5, 0.6) is 0 Å². The van der Waals surface area contributed by atoms with Crippen molar-refractivity contribution in [3.05, 3.63) is 306 Å². The molecule has 0 heterocycles. The smallest absolute Gasteiger partial charge is 0.0431 e. The summed E-state index contributed by atoms with van der Waals surface area (Å²) < 4.78 is 0. The summed E-state index contributed by atoms with van der Waals surface area (Å²) in [5.41, 5.74) is 22.5. The Bertz CT molecular complexity index is 3610. The van der Waals surface area contributed by atoms with E-state index in [2.05, 4.69) is 296 Å². The zero-order chi connectivity index (χ0) is 49.3. The van der Waals surface area contributed by atoms with E-state index in [1.165, 1.54) is 22.3 Å². The predicted octanol–water partition coefficient (Wildman–Crippen LogP) is 16.2. The normalized spacial score (nSPS) is 16.4. The van der Waals surface area contributed by atoms with Crippen molar-refractivity contribution in [2.75, 3.05) is 0 Å². The second-order valence-electron chi connectivity index (χ2n) is 18.4. The molecule has 0 saturated heterocycles. The summed E-state index contributed by atoms with van der Waals surface area (Å²) in [5, 5.41) is 0. The molecule has 0 aromatic heterocycles. The third kappa shape index (κ3) is 11.3. The number of benzene rings is 8. The summed E-state index contributed by atoms with van der Waals surface area (Å²) in [6, 6.07) is 70.7. The molecule has 0 fully saturated rings. The van der Waals surface area contributed by atoms with E-state index < -0.39 is 0 Å². The fourth-order valence-electron chi connectivity index (χ4n) is 8.51. The third-order valence-corrected chi connectivity index (χ3v) is 12.6. The Labute approximate surface area is 421 Å². The van der Waals surface area contributed by atoms with Crippen LogP contribution in [0.4, 0.5) is 0 Å². The van der Waals surface area contributed by atoms with Crippen LogP contribution in [-0.4, -0.2) is 0 Å². The zero-order valence-corrected chi connectivity index (χ0v) is 41.6. The van der Waals surface area contributed by atoms with Gasteiger partial charge in [-0.2, -0.15) is 0 Å². The lowest BCUT2D eigenvalue weighted by Gasteiger charge is -2.27. The van der Waals surface area contributed by atoms with E-state index in [1.54, 1.807) is 0 Å². The second kappa shape index (κ2) is 21.5. The molecule has 9 rings (SSSR count). The van der Waals surface area contributed by atoms with E-state index in [1.807, 2.05) is 0 Å². The fourth-order valence-corrected chi connectivity index (χ4v) is 8.51. The molecule has 0 saturated carbocycles. The number of aryl methyl sites for hydroxylation is 7. The highest BCUT2D eigenvalue weighted by Crippen LogP contribution is 2.48. The molecule has 0 bridgehead atoms. The first kappa shape index (κ1) is 47.0. The van der Waals surface area contributed by atoms with Gasteiger partial charge in [-0.25, -0.2) is 0 Å². The molecule has 0 N–H and O–H groups in total. The van der Waals surface area contributed by atoms with Gasteiger partial charge in [0.25, 0.3) is 0 Å². The van der Waals surface area contributed by atoms with Crippen molar-refractivity contribution < 1.29 is 0 Å². The van der Waals surface area contributed by atoms with E-state index in [9.17, 15) is 0 Å². The van der Waals surface area contributed by atoms with Gasteiger partial charge in [-0.1, -0.05) is 238 Å². The topological polar surface area (TPSA) is 0 Å². The molecule has 0 aliphatic heterocycles. The van der Waals surface area contributed by atoms with E-state index in [4.69, 9.17) is 0 Å². The molecular formula is C71H54. The van der Waals surface area contributed by atoms with Crippen LogP contribution in [0.2, 0.25) is 0 Å². The van der Waals surface area contributed by atoms with Gasteiger partial charge in [-0.3, -0.25) is 0 Å². The summed E-state index contributed by atoms with van der Waals surface area (Å²) in [4.78, 5) is 0. The largest absolute Gasteiger partial charge is 0.0622 e. The van der Waals surface area contributed by atoms with E-state index in [0.717, 1.165) is 106 Å². The highest BCUT2D eigenvalue weighted by Gasteiger charge is 2.31. The van der Waals surface area contributed by atoms with Gasteiger partial charge >= 0.3 is 0 Å². The number of hydrogen-bond donors (Lipinski definition) is 0. The van der Waals surface area contributed by atoms with Crippen LogP contribution in [0.1, 0.15) is 83.5 Å². The lowest BCUT2D eigenvalue weighted by Crippen LogP contribution is -2.10. The molecular weight excluding hydrogens is 853 g/mol. The monoisotopic (exact) mass is 906 g/mol. The molecule has 0 unspecified atom stereocenters. The standard InChI is InChI=1S/C71H54/c1-49-13-27-56(28-14-49)35-45-64-68(60-11-9-8-10-12-60)65(46-36-57-29-15-50(2)16-30-57)70(62-41-23-54(6)24-42-62)67(48-38-59-33-19-52(4)20-34-59)71(63-43-25-55(7)26-44-63)66(47-37-58-31-17-51(3)18-32-58)69(64)61-39-21-53(5)22-40-61/h8-34,39-44H,1-7H3/b68-64-,68-65?,69-64?,69-66-,70-65-,70-67?,71-66?,71-67-. The second-order valence-corrected chi connectivity index (χ2v) is 18.4. The van der Waals surface area contributed by atoms with Crippen LogP contribution in [0.3, 0.4) is 0 Å². The molecule has 8 aromatic carbocycles. The molecule has 0 heteroatoms. The van der Waals surface area contributed by atoms with Crippen molar-refractivity contribution in [3.63, 3.8) is 0 Å². The van der Waals surface area contributed by atoms with Crippen LogP contribution in [0.15, 0.2) is 222 Å². The van der Waals surface area contributed by atoms with Crippen LogP contribution in [0.25, 0.3) is 22.3 Å². The quantitative estimate of drug-likeness (QED) is 0.154. The molecule has 0 atom stereocenters. The number of hydrogen-bond acceptors (Lipinski definition) is 0. The Morgan fingerprint density at radius 3 is 0.577 bits per heavy atom. The summed E-state index contributed by atoms with van der Waals surface area (Å²) in [6.45, 7) is 14.8. The Kier molecular flexibility index (Phi) is 14.2. The number of rotatable bonds is 4. The summed E-state index contributed by atoms with van der Waals surface area (Å²) >= 11 is 0. The molecule has 0 spiro atoms. The first-order valence-electron chi connectivity index (χ1n) is 24.2. The SMILES string of the molecule is Cc1ccc(C#CC2=C(c3ccccc3)/C(C#Cc3ccc(C)cc3)=C(c3ccc(C)cc3)\C(C#Cc3ccc(C)cc3)=C(c3ccc(C)cc3)/C(C#Cc3ccc(C)cc3)=C\2c2ccc(C)cc2)cc1. The number of allylic oxidation sites excluding steroid dienone is 8. The highest BCUT2D eigenvalue weighted by molar-refractivity contribution is 6.16. The average molecular weight is 907 g/mol. The molecule has 0 radical (unpaired) electrons. The molecule has 338 valence electrons. The fraction of sp³-hybridized carbons (Fsp3) is 0.0986. The minimum absolute atomic E-state index is 0.807. The maximum absolute atomic E-state index is 3.90. The Hall–Kier alpha value is -9.04. The van der Waals surface area contributed by atoms with Crippen LogP contribution in [0, 0.1) is 95.8 Å². The van der Waals surface area contributed by atoms with Crippen LogP contribution >= 0.6 is 0 Å². The molecule has 1 aliphatic rings. The lowest BCUT2D eigenvalue weighted by molar-refractivity contribution is 1.42. The average Bonchev–Trinajstić information content (AvgIpc) is 3.38. The molecule has 8 aromatic rings. The first-order valence-corrected chi connectivity index (χ1v) is 24.2. The van der Waals surface area contributed by atoms with Crippen molar-refractivity contribution in [1.29, 1.82) is 0 Å². The first-order chi connectivity index (χ1) is 34.6. The van der Waals surface area contributed by atoms with Gasteiger partial charge < -0.3 is 0 Å². The summed E-state index contributed by atoms with van der Waals surface area (Å²) in [5.74, 6) is 30.3. The van der Waals surface area contributed by atoms with Gasteiger partial charge in [0.2, 0.25) is 0 Å². The molecule has 0 nitrogen and oxygen atoms in total. The van der Waals surface area contributed by atoms with Gasteiger partial charge in [0.1, 0.15) is 0 Å².